The molecule has 0 aliphatic carbocycles. The quantitative estimate of drug-likeness (QED) is 0.859. The first-order valence-electron chi connectivity index (χ1n) is 5.23. The van der Waals surface area contributed by atoms with E-state index in [0.29, 0.717) is 6.42 Å². The molecular weight excluding hydrogens is 238 g/mol. The van der Waals surface area contributed by atoms with Crippen LogP contribution >= 0.6 is 12.4 Å². The highest BCUT2D eigenvalue weighted by molar-refractivity contribution is 5.85. The predicted octanol–water partition coefficient (Wildman–Crippen LogP) is 1.16. The van der Waals surface area contributed by atoms with Crippen LogP contribution in [0.4, 0.5) is 0 Å². The van der Waals surface area contributed by atoms with Crippen LogP contribution in [0.5, 0.6) is 0 Å². The average Bonchev–Trinajstić information content (AvgIpc) is 2.83. The molecule has 3 N–H and O–H groups in total. The van der Waals surface area contributed by atoms with E-state index in [4.69, 9.17) is 10.8 Å². The first-order chi connectivity index (χ1) is 7.79. The molecular formula is C12H16ClN3O. The molecule has 0 aliphatic rings. The Morgan fingerprint density at radius 3 is 2.53 bits per heavy atom. The Labute approximate surface area is 107 Å². The summed E-state index contributed by atoms with van der Waals surface area (Å²) in [6.07, 6.45) is 6.10. The van der Waals surface area contributed by atoms with Crippen molar-refractivity contribution < 1.29 is 5.11 Å². The third-order valence-electron chi connectivity index (χ3n) is 2.47. The molecule has 0 radical (unpaired) electrons. The van der Waals surface area contributed by atoms with Crippen molar-refractivity contribution in [2.75, 3.05) is 6.61 Å². The summed E-state index contributed by atoms with van der Waals surface area (Å²) in [6, 6.07) is 7.89. The second-order valence-corrected chi connectivity index (χ2v) is 3.78. The maximum atomic E-state index is 8.86. The van der Waals surface area contributed by atoms with Crippen LogP contribution in [0.25, 0.3) is 5.69 Å². The summed E-state index contributed by atoms with van der Waals surface area (Å²) in [4.78, 5) is 3.99. The number of nitrogens with zero attached hydrogens (tertiary/aromatic N) is 2. The zero-order valence-electron chi connectivity index (χ0n) is 9.36. The van der Waals surface area contributed by atoms with E-state index < -0.39 is 0 Å². The molecule has 0 saturated heterocycles. The molecule has 1 atom stereocenters. The number of aliphatic hydroxyl groups is 1. The molecule has 0 bridgehead atoms. The van der Waals surface area contributed by atoms with Crippen LogP contribution in [0, 0.1) is 0 Å². The second-order valence-electron chi connectivity index (χ2n) is 3.78. The highest BCUT2D eigenvalue weighted by Gasteiger charge is 2.02. The number of hydrogen-bond donors (Lipinski definition) is 2. The van der Waals surface area contributed by atoms with E-state index >= 15 is 0 Å². The molecule has 17 heavy (non-hydrogen) atoms. The van der Waals surface area contributed by atoms with Gasteiger partial charge in [0, 0.05) is 24.1 Å². The van der Waals surface area contributed by atoms with Crippen LogP contribution in [0.1, 0.15) is 5.56 Å². The third kappa shape index (κ3) is 3.56. The number of halogens is 1. The summed E-state index contributed by atoms with van der Waals surface area (Å²) in [5.74, 6) is 0. The number of aromatic nitrogens is 2. The molecule has 0 amide bonds. The van der Waals surface area contributed by atoms with Crippen LogP contribution < -0.4 is 5.73 Å². The van der Waals surface area contributed by atoms with Crippen molar-refractivity contribution in [3.8, 4) is 5.69 Å². The lowest BCUT2D eigenvalue weighted by molar-refractivity contribution is 0.265. The smallest absolute Gasteiger partial charge is 0.0991 e. The summed E-state index contributed by atoms with van der Waals surface area (Å²) in [5, 5.41) is 8.86. The fourth-order valence-corrected chi connectivity index (χ4v) is 1.58. The molecule has 1 unspecified atom stereocenters. The van der Waals surface area contributed by atoms with Crippen LogP contribution in [-0.2, 0) is 6.42 Å². The van der Waals surface area contributed by atoms with E-state index in [1.54, 1.807) is 12.5 Å². The Balaban J connectivity index is 0.00000144. The first-order valence-corrected chi connectivity index (χ1v) is 5.23. The highest BCUT2D eigenvalue weighted by atomic mass is 35.5. The van der Waals surface area contributed by atoms with Gasteiger partial charge in [-0.3, -0.25) is 0 Å². The molecule has 5 heteroatoms. The molecule has 0 saturated carbocycles. The van der Waals surface area contributed by atoms with Gasteiger partial charge >= 0.3 is 0 Å². The van der Waals surface area contributed by atoms with Gasteiger partial charge in [0.05, 0.1) is 12.9 Å². The number of nitrogens with two attached hydrogens (primary N) is 1. The largest absolute Gasteiger partial charge is 0.395 e. The molecule has 2 rings (SSSR count). The van der Waals surface area contributed by atoms with E-state index in [1.807, 2.05) is 35.0 Å². The standard InChI is InChI=1S/C12H15N3O.ClH/c13-11(8-16)7-10-1-3-12(4-2-10)15-6-5-14-9-15;/h1-6,9,11,16H,7-8,13H2;1H. The predicted molar refractivity (Wildman–Crippen MR) is 69.6 cm³/mol. The maximum absolute atomic E-state index is 8.86. The zero-order chi connectivity index (χ0) is 11.4. The van der Waals surface area contributed by atoms with Gasteiger partial charge in [-0.25, -0.2) is 4.98 Å². The van der Waals surface area contributed by atoms with Gasteiger partial charge in [0.25, 0.3) is 0 Å². The molecule has 1 aromatic carbocycles. The lowest BCUT2D eigenvalue weighted by Crippen LogP contribution is -2.26. The summed E-state index contributed by atoms with van der Waals surface area (Å²) in [6.45, 7) is 0.0171. The van der Waals surface area contributed by atoms with Crippen molar-refractivity contribution in [3.05, 3.63) is 48.5 Å². The lowest BCUT2D eigenvalue weighted by atomic mass is 10.1. The number of rotatable bonds is 4. The van der Waals surface area contributed by atoms with Crippen molar-refractivity contribution >= 4 is 12.4 Å². The SMILES string of the molecule is Cl.NC(CO)Cc1ccc(-n2ccnc2)cc1. The van der Waals surface area contributed by atoms with Crippen LogP contribution in [0.15, 0.2) is 43.0 Å². The van der Waals surface area contributed by atoms with E-state index in [-0.39, 0.29) is 25.1 Å². The summed E-state index contributed by atoms with van der Waals surface area (Å²) >= 11 is 0. The number of hydrogen-bond acceptors (Lipinski definition) is 3. The first kappa shape index (κ1) is 13.7. The second kappa shape index (κ2) is 6.39. The van der Waals surface area contributed by atoms with Gasteiger partial charge < -0.3 is 15.4 Å². The highest BCUT2D eigenvalue weighted by Crippen LogP contribution is 2.10. The Morgan fingerprint density at radius 2 is 2.00 bits per heavy atom. The van der Waals surface area contributed by atoms with Crippen molar-refractivity contribution in [1.29, 1.82) is 0 Å². The van der Waals surface area contributed by atoms with E-state index in [9.17, 15) is 0 Å². The van der Waals surface area contributed by atoms with Crippen molar-refractivity contribution in [2.24, 2.45) is 5.73 Å². The Morgan fingerprint density at radius 1 is 1.29 bits per heavy atom. The van der Waals surface area contributed by atoms with Crippen LogP contribution in [0.2, 0.25) is 0 Å². The van der Waals surface area contributed by atoms with Crippen LogP contribution in [0.3, 0.4) is 0 Å². The Kier molecular flexibility index (Phi) is 5.15. The van der Waals surface area contributed by atoms with Crippen molar-refractivity contribution in [1.82, 2.24) is 9.55 Å². The van der Waals surface area contributed by atoms with Crippen molar-refractivity contribution in [2.45, 2.75) is 12.5 Å². The number of imidazole rings is 1. The van der Waals surface area contributed by atoms with E-state index in [2.05, 4.69) is 4.98 Å². The average molecular weight is 254 g/mol. The normalized spacial score (nSPS) is 11.9. The summed E-state index contributed by atoms with van der Waals surface area (Å²) in [5.41, 5.74) is 7.87. The van der Waals surface area contributed by atoms with Crippen molar-refractivity contribution in [3.63, 3.8) is 0 Å². The summed E-state index contributed by atoms with van der Waals surface area (Å²) < 4.78 is 1.94. The number of aliphatic hydroxyl groups excluding tert-OH is 1. The monoisotopic (exact) mass is 253 g/mol. The minimum atomic E-state index is -0.181. The molecule has 92 valence electrons. The fourth-order valence-electron chi connectivity index (χ4n) is 1.58. The maximum Gasteiger partial charge on any atom is 0.0991 e. The Hall–Kier alpha value is -1.36. The molecule has 0 fully saturated rings. The fraction of sp³-hybridized carbons (Fsp3) is 0.250. The van der Waals surface area contributed by atoms with E-state index in [0.717, 1.165) is 11.3 Å². The van der Waals surface area contributed by atoms with Gasteiger partial charge in [0.1, 0.15) is 0 Å². The van der Waals surface area contributed by atoms with Gasteiger partial charge in [-0.1, -0.05) is 12.1 Å². The van der Waals surface area contributed by atoms with Gasteiger partial charge in [0.15, 0.2) is 0 Å². The third-order valence-corrected chi connectivity index (χ3v) is 2.47. The minimum absolute atomic E-state index is 0. The van der Waals surface area contributed by atoms with Gasteiger partial charge in [-0.2, -0.15) is 0 Å². The van der Waals surface area contributed by atoms with E-state index in [1.165, 1.54) is 0 Å². The molecule has 1 heterocycles. The number of benzene rings is 1. The van der Waals surface area contributed by atoms with Gasteiger partial charge in [-0.15, -0.1) is 12.4 Å². The van der Waals surface area contributed by atoms with Gasteiger partial charge in [0.2, 0.25) is 0 Å². The topological polar surface area (TPSA) is 64.1 Å². The zero-order valence-corrected chi connectivity index (χ0v) is 10.2. The molecule has 0 aliphatic heterocycles. The summed E-state index contributed by atoms with van der Waals surface area (Å²) in [7, 11) is 0. The van der Waals surface area contributed by atoms with Crippen LogP contribution in [-0.4, -0.2) is 27.3 Å². The molecule has 0 spiro atoms. The molecule has 2 aromatic rings. The lowest BCUT2D eigenvalue weighted by Gasteiger charge is -2.08. The molecule has 4 nitrogen and oxygen atoms in total. The van der Waals surface area contributed by atoms with Gasteiger partial charge in [-0.05, 0) is 24.1 Å². The molecule has 1 aromatic heterocycles. The minimum Gasteiger partial charge on any atom is -0.395 e. The Bertz CT molecular complexity index is 428.